The summed E-state index contributed by atoms with van der Waals surface area (Å²) in [4.78, 5) is 11.2. The third-order valence-electron chi connectivity index (χ3n) is 2.34. The second-order valence-electron chi connectivity index (χ2n) is 3.69. The zero-order chi connectivity index (χ0) is 12.6. The standard InChI is InChI=1S/C12H20F2O2/c1-4-7-8-12(14,10(13)5-2)9-11(15)16-6-3/h5H,4,6-9H2,1-3H3/b10-5-/t12-/m1/s1. The Morgan fingerprint density at radius 2 is 2.06 bits per heavy atom. The van der Waals surface area contributed by atoms with Crippen LogP contribution in [-0.4, -0.2) is 18.2 Å². The van der Waals surface area contributed by atoms with Crippen LogP contribution in [0, 0.1) is 0 Å². The summed E-state index contributed by atoms with van der Waals surface area (Å²) in [6.45, 7) is 5.12. The van der Waals surface area contributed by atoms with Gasteiger partial charge in [0.05, 0.1) is 13.0 Å². The first-order chi connectivity index (χ1) is 7.50. The van der Waals surface area contributed by atoms with Crippen LogP contribution in [0.4, 0.5) is 8.78 Å². The fourth-order valence-corrected chi connectivity index (χ4v) is 1.45. The Bertz CT molecular complexity index is 251. The van der Waals surface area contributed by atoms with Crippen LogP contribution < -0.4 is 0 Å². The number of ether oxygens (including phenoxy) is 1. The van der Waals surface area contributed by atoms with E-state index < -0.39 is 23.9 Å². The molecule has 0 aromatic heterocycles. The monoisotopic (exact) mass is 234 g/mol. The highest BCUT2D eigenvalue weighted by atomic mass is 19.2. The van der Waals surface area contributed by atoms with E-state index in [1.807, 2.05) is 6.92 Å². The largest absolute Gasteiger partial charge is 0.466 e. The van der Waals surface area contributed by atoms with Gasteiger partial charge in [-0.15, -0.1) is 0 Å². The molecule has 0 N–H and O–H groups in total. The number of carbonyl (C=O) groups is 1. The number of carbonyl (C=O) groups excluding carboxylic acids is 1. The molecule has 0 heterocycles. The Morgan fingerprint density at radius 3 is 2.50 bits per heavy atom. The molecule has 0 aliphatic rings. The van der Waals surface area contributed by atoms with Crippen LogP contribution in [0.2, 0.25) is 0 Å². The van der Waals surface area contributed by atoms with Crippen LogP contribution in [0.3, 0.4) is 0 Å². The lowest BCUT2D eigenvalue weighted by molar-refractivity contribution is -0.146. The van der Waals surface area contributed by atoms with Crippen molar-refractivity contribution in [3.8, 4) is 0 Å². The summed E-state index contributed by atoms with van der Waals surface area (Å²) >= 11 is 0. The van der Waals surface area contributed by atoms with E-state index in [-0.39, 0.29) is 13.0 Å². The Labute approximate surface area is 95.7 Å². The third kappa shape index (κ3) is 4.73. The van der Waals surface area contributed by atoms with E-state index in [1.54, 1.807) is 6.92 Å². The molecule has 4 heteroatoms. The molecule has 0 radical (unpaired) electrons. The lowest BCUT2D eigenvalue weighted by Crippen LogP contribution is -2.28. The zero-order valence-corrected chi connectivity index (χ0v) is 10.2. The average molecular weight is 234 g/mol. The first-order valence-corrected chi connectivity index (χ1v) is 5.67. The molecule has 0 saturated heterocycles. The summed E-state index contributed by atoms with van der Waals surface area (Å²) < 4.78 is 32.2. The number of hydrogen-bond acceptors (Lipinski definition) is 2. The minimum atomic E-state index is -2.20. The van der Waals surface area contributed by atoms with Gasteiger partial charge in [-0.3, -0.25) is 4.79 Å². The molecule has 0 fully saturated rings. The molecule has 94 valence electrons. The van der Waals surface area contributed by atoms with Gasteiger partial charge in [-0.1, -0.05) is 25.8 Å². The smallest absolute Gasteiger partial charge is 0.309 e. The lowest BCUT2D eigenvalue weighted by atomic mass is 9.93. The lowest BCUT2D eigenvalue weighted by Gasteiger charge is -2.22. The predicted octanol–water partition coefficient (Wildman–Crippen LogP) is 3.71. The van der Waals surface area contributed by atoms with E-state index in [9.17, 15) is 13.6 Å². The maximum Gasteiger partial charge on any atom is 0.309 e. The second-order valence-corrected chi connectivity index (χ2v) is 3.69. The summed E-state index contributed by atoms with van der Waals surface area (Å²) in [5.41, 5.74) is -2.20. The molecule has 0 spiro atoms. The second kappa shape index (κ2) is 7.36. The molecule has 2 nitrogen and oxygen atoms in total. The minimum Gasteiger partial charge on any atom is -0.466 e. The van der Waals surface area contributed by atoms with Gasteiger partial charge in [-0.05, 0) is 20.3 Å². The Kier molecular flexibility index (Phi) is 6.93. The van der Waals surface area contributed by atoms with Gasteiger partial charge < -0.3 is 4.74 Å². The van der Waals surface area contributed by atoms with Crippen LogP contribution in [0.15, 0.2) is 11.9 Å². The molecule has 0 bridgehead atoms. The Morgan fingerprint density at radius 1 is 1.44 bits per heavy atom. The van der Waals surface area contributed by atoms with Gasteiger partial charge in [-0.25, -0.2) is 8.78 Å². The molecule has 1 atom stereocenters. The van der Waals surface area contributed by atoms with Crippen molar-refractivity contribution in [2.24, 2.45) is 0 Å². The summed E-state index contributed by atoms with van der Waals surface area (Å²) in [5, 5.41) is 0. The molecule has 0 rings (SSSR count). The molecule has 0 saturated carbocycles. The summed E-state index contributed by atoms with van der Waals surface area (Å²) in [5.74, 6) is -1.58. The van der Waals surface area contributed by atoms with Crippen molar-refractivity contribution in [3.63, 3.8) is 0 Å². The van der Waals surface area contributed by atoms with E-state index in [0.717, 1.165) is 12.5 Å². The molecule has 0 aliphatic carbocycles. The molecular weight excluding hydrogens is 214 g/mol. The normalized spacial score (nSPS) is 15.7. The SMILES string of the molecule is C/C=C(\F)[C@@](F)(CCCC)CC(=O)OCC. The summed E-state index contributed by atoms with van der Waals surface area (Å²) in [7, 11) is 0. The van der Waals surface area contributed by atoms with E-state index in [0.29, 0.717) is 6.42 Å². The number of alkyl halides is 1. The van der Waals surface area contributed by atoms with E-state index in [4.69, 9.17) is 0 Å². The quantitative estimate of drug-likeness (QED) is 0.628. The first-order valence-electron chi connectivity index (χ1n) is 5.67. The highest BCUT2D eigenvalue weighted by Crippen LogP contribution is 2.33. The fraction of sp³-hybridized carbons (Fsp3) is 0.750. The maximum absolute atomic E-state index is 14.2. The first kappa shape index (κ1) is 15.1. The molecule has 0 amide bonds. The number of esters is 1. The van der Waals surface area contributed by atoms with Crippen molar-refractivity contribution in [1.29, 1.82) is 0 Å². The topological polar surface area (TPSA) is 26.3 Å². The minimum absolute atomic E-state index is 0.0124. The van der Waals surface area contributed by atoms with Crippen LogP contribution in [0.5, 0.6) is 0 Å². The van der Waals surface area contributed by atoms with Crippen molar-refractivity contribution in [1.82, 2.24) is 0 Å². The van der Waals surface area contributed by atoms with Crippen LogP contribution >= 0.6 is 0 Å². The van der Waals surface area contributed by atoms with Crippen LogP contribution in [-0.2, 0) is 9.53 Å². The molecule has 0 aromatic rings. The van der Waals surface area contributed by atoms with Crippen molar-refractivity contribution < 1.29 is 18.3 Å². The number of rotatable bonds is 7. The Hall–Kier alpha value is -0.930. The van der Waals surface area contributed by atoms with Gasteiger partial charge in [-0.2, -0.15) is 0 Å². The van der Waals surface area contributed by atoms with Crippen LogP contribution in [0.1, 0.15) is 46.5 Å². The average Bonchev–Trinajstić information content (AvgIpc) is 2.25. The van der Waals surface area contributed by atoms with Gasteiger partial charge in [0.1, 0.15) is 5.83 Å². The number of allylic oxidation sites excluding steroid dienone is 2. The van der Waals surface area contributed by atoms with Gasteiger partial charge in [0.2, 0.25) is 0 Å². The number of unbranched alkanes of at least 4 members (excludes halogenated alkanes) is 1. The summed E-state index contributed by atoms with van der Waals surface area (Å²) in [6, 6.07) is 0. The van der Waals surface area contributed by atoms with Crippen molar-refractivity contribution in [3.05, 3.63) is 11.9 Å². The molecular formula is C12H20F2O2. The van der Waals surface area contributed by atoms with E-state index in [2.05, 4.69) is 4.74 Å². The van der Waals surface area contributed by atoms with E-state index >= 15 is 0 Å². The highest BCUT2D eigenvalue weighted by Gasteiger charge is 2.37. The number of halogens is 2. The molecule has 0 unspecified atom stereocenters. The van der Waals surface area contributed by atoms with Crippen molar-refractivity contribution >= 4 is 5.97 Å². The highest BCUT2D eigenvalue weighted by molar-refractivity contribution is 5.71. The van der Waals surface area contributed by atoms with Crippen molar-refractivity contribution in [2.45, 2.75) is 52.1 Å². The maximum atomic E-state index is 14.2. The van der Waals surface area contributed by atoms with Gasteiger partial charge in [0.25, 0.3) is 0 Å². The predicted molar refractivity (Wildman–Crippen MR) is 59.5 cm³/mol. The van der Waals surface area contributed by atoms with E-state index in [1.165, 1.54) is 6.92 Å². The number of hydrogen-bond donors (Lipinski definition) is 0. The van der Waals surface area contributed by atoms with Gasteiger partial charge in [0, 0.05) is 0 Å². The molecule has 0 aromatic carbocycles. The Balaban J connectivity index is 4.59. The third-order valence-corrected chi connectivity index (χ3v) is 2.34. The van der Waals surface area contributed by atoms with Crippen LogP contribution in [0.25, 0.3) is 0 Å². The molecule has 16 heavy (non-hydrogen) atoms. The fourth-order valence-electron chi connectivity index (χ4n) is 1.45. The summed E-state index contributed by atoms with van der Waals surface area (Å²) in [6.07, 6.45) is 1.83. The van der Waals surface area contributed by atoms with Gasteiger partial charge >= 0.3 is 5.97 Å². The van der Waals surface area contributed by atoms with Crippen molar-refractivity contribution in [2.75, 3.05) is 6.61 Å². The molecule has 0 aliphatic heterocycles. The van der Waals surface area contributed by atoms with Gasteiger partial charge in [0.15, 0.2) is 5.67 Å². The zero-order valence-electron chi connectivity index (χ0n) is 10.2.